The number of anilines is 1. The molecule has 1 amide bonds. The molecule has 0 aromatic carbocycles. The molecule has 0 bridgehead atoms. The number of primary amides is 1. The number of aromatic nitrogens is 2. The maximum atomic E-state index is 11.1. The van der Waals surface area contributed by atoms with E-state index in [0.29, 0.717) is 28.1 Å². The number of hydrogen-bond acceptors (Lipinski definition) is 6. The van der Waals surface area contributed by atoms with Crippen LogP contribution in [0.1, 0.15) is 21.7 Å². The van der Waals surface area contributed by atoms with Gasteiger partial charge in [0.25, 0.3) is 0 Å². The Hall–Kier alpha value is -2.22. The van der Waals surface area contributed by atoms with Gasteiger partial charge in [-0.25, -0.2) is 14.8 Å². The lowest BCUT2D eigenvalue weighted by Crippen LogP contribution is -2.16. The fourth-order valence-corrected chi connectivity index (χ4v) is 2.70. The number of carbonyl (C=O) groups is 2. The maximum Gasteiger partial charge on any atom is 0.346 e. The number of nitrogens with zero attached hydrogens (tertiary/aromatic N) is 2. The molecular weight excluding hydrogens is 268 g/mol. The van der Waals surface area contributed by atoms with E-state index in [4.69, 9.17) is 10.8 Å². The number of carbonyl (C=O) groups excluding carboxylic acids is 1. The first kappa shape index (κ1) is 13.2. The largest absolute Gasteiger partial charge is 0.477 e. The monoisotopic (exact) mass is 280 g/mol. The molecular formula is C11H12N4O3S. The molecule has 0 unspecified atom stereocenters. The van der Waals surface area contributed by atoms with Crippen molar-refractivity contribution in [1.29, 1.82) is 0 Å². The Morgan fingerprint density at radius 3 is 2.84 bits per heavy atom. The molecule has 100 valence electrons. The average molecular weight is 280 g/mol. The second kappa shape index (κ2) is 5.19. The Morgan fingerprint density at radius 2 is 2.21 bits per heavy atom. The summed E-state index contributed by atoms with van der Waals surface area (Å²) in [6, 6.07) is 0. The minimum Gasteiger partial charge on any atom is -0.477 e. The van der Waals surface area contributed by atoms with Crippen molar-refractivity contribution in [3.63, 3.8) is 0 Å². The van der Waals surface area contributed by atoms with Gasteiger partial charge in [0.05, 0.1) is 5.39 Å². The molecule has 2 rings (SSSR count). The van der Waals surface area contributed by atoms with Gasteiger partial charge in [-0.1, -0.05) is 0 Å². The summed E-state index contributed by atoms with van der Waals surface area (Å²) in [4.78, 5) is 30.8. The smallest absolute Gasteiger partial charge is 0.346 e. The highest BCUT2D eigenvalue weighted by atomic mass is 32.1. The van der Waals surface area contributed by atoms with Gasteiger partial charge < -0.3 is 16.2 Å². The van der Waals surface area contributed by atoms with E-state index in [2.05, 4.69) is 15.3 Å². The first-order valence-corrected chi connectivity index (χ1v) is 6.32. The van der Waals surface area contributed by atoms with Crippen LogP contribution in [0.4, 0.5) is 5.82 Å². The number of nitrogens with two attached hydrogens (primary N) is 1. The predicted octanol–water partition coefficient (Wildman–Crippen LogP) is 0.985. The molecule has 19 heavy (non-hydrogen) atoms. The van der Waals surface area contributed by atoms with Crippen molar-refractivity contribution < 1.29 is 14.7 Å². The van der Waals surface area contributed by atoms with Crippen molar-refractivity contribution in [2.45, 2.75) is 13.3 Å². The molecule has 0 spiro atoms. The van der Waals surface area contributed by atoms with E-state index in [1.807, 2.05) is 0 Å². The van der Waals surface area contributed by atoms with Gasteiger partial charge in [0, 0.05) is 13.0 Å². The van der Waals surface area contributed by atoms with Gasteiger partial charge in [-0.2, -0.15) is 0 Å². The van der Waals surface area contributed by atoms with Crippen LogP contribution in [0.3, 0.4) is 0 Å². The normalized spacial score (nSPS) is 10.6. The van der Waals surface area contributed by atoms with Crippen molar-refractivity contribution in [3.8, 4) is 0 Å². The van der Waals surface area contributed by atoms with Gasteiger partial charge in [-0.05, 0) is 12.5 Å². The minimum atomic E-state index is -0.983. The topological polar surface area (TPSA) is 118 Å². The summed E-state index contributed by atoms with van der Waals surface area (Å²) in [6.07, 6.45) is 1.54. The van der Waals surface area contributed by atoms with Crippen LogP contribution in [0.25, 0.3) is 10.2 Å². The third-order valence-electron chi connectivity index (χ3n) is 2.58. The van der Waals surface area contributed by atoms with Crippen molar-refractivity contribution in [2.75, 3.05) is 11.9 Å². The first-order chi connectivity index (χ1) is 9.00. The van der Waals surface area contributed by atoms with Crippen molar-refractivity contribution in [2.24, 2.45) is 5.73 Å². The number of carboxylic acid groups (broad SMARTS) is 1. The molecule has 4 N–H and O–H groups in total. The number of hydrogen-bond donors (Lipinski definition) is 3. The molecule has 0 fully saturated rings. The molecule has 0 radical (unpaired) electrons. The van der Waals surface area contributed by atoms with Gasteiger partial charge in [-0.3, -0.25) is 4.79 Å². The average Bonchev–Trinajstić information content (AvgIpc) is 2.67. The molecule has 0 aliphatic heterocycles. The molecule has 2 heterocycles. The highest BCUT2D eigenvalue weighted by Crippen LogP contribution is 2.32. The Balaban J connectivity index is 2.39. The van der Waals surface area contributed by atoms with Crippen molar-refractivity contribution in [1.82, 2.24) is 9.97 Å². The van der Waals surface area contributed by atoms with Gasteiger partial charge in [0.1, 0.15) is 21.9 Å². The van der Waals surface area contributed by atoms with Crippen LogP contribution in [-0.2, 0) is 4.79 Å². The summed E-state index contributed by atoms with van der Waals surface area (Å²) in [6.45, 7) is 2.06. The van der Waals surface area contributed by atoms with Crippen LogP contribution in [0, 0.1) is 6.92 Å². The predicted molar refractivity (Wildman–Crippen MR) is 71.4 cm³/mol. The Bertz CT molecular complexity index is 653. The number of amides is 1. The SMILES string of the molecule is Cc1c(C(=O)O)sc2ncnc(NCCC(N)=O)c12. The molecule has 0 atom stereocenters. The van der Waals surface area contributed by atoms with E-state index in [1.54, 1.807) is 6.92 Å². The quantitative estimate of drug-likeness (QED) is 0.751. The van der Waals surface area contributed by atoms with Crippen LogP contribution in [0.2, 0.25) is 0 Å². The summed E-state index contributed by atoms with van der Waals surface area (Å²) in [5.41, 5.74) is 5.68. The van der Waals surface area contributed by atoms with Crippen LogP contribution >= 0.6 is 11.3 Å². The highest BCUT2D eigenvalue weighted by molar-refractivity contribution is 7.20. The van der Waals surface area contributed by atoms with E-state index in [-0.39, 0.29) is 11.3 Å². The lowest BCUT2D eigenvalue weighted by atomic mass is 10.2. The lowest BCUT2D eigenvalue weighted by Gasteiger charge is -2.05. The number of rotatable bonds is 5. The first-order valence-electron chi connectivity index (χ1n) is 5.50. The highest BCUT2D eigenvalue weighted by Gasteiger charge is 2.18. The van der Waals surface area contributed by atoms with E-state index < -0.39 is 11.9 Å². The van der Waals surface area contributed by atoms with Crippen LogP contribution in [0.5, 0.6) is 0 Å². The molecule has 2 aromatic heterocycles. The Labute approximate surface area is 112 Å². The fourth-order valence-electron chi connectivity index (χ4n) is 1.71. The number of aryl methyl sites for hydroxylation is 1. The van der Waals surface area contributed by atoms with E-state index in [1.165, 1.54) is 6.33 Å². The molecule has 0 saturated carbocycles. The number of thiophene rings is 1. The zero-order valence-electron chi connectivity index (χ0n) is 10.1. The van der Waals surface area contributed by atoms with Crippen LogP contribution in [-0.4, -0.2) is 33.5 Å². The lowest BCUT2D eigenvalue weighted by molar-refractivity contribution is -0.117. The zero-order valence-corrected chi connectivity index (χ0v) is 11.0. The van der Waals surface area contributed by atoms with E-state index in [9.17, 15) is 9.59 Å². The molecule has 0 aliphatic carbocycles. The van der Waals surface area contributed by atoms with Crippen molar-refractivity contribution in [3.05, 3.63) is 16.8 Å². The maximum absolute atomic E-state index is 11.1. The number of fused-ring (bicyclic) bond motifs is 1. The molecule has 8 heteroatoms. The van der Waals surface area contributed by atoms with Crippen LogP contribution in [0.15, 0.2) is 6.33 Å². The van der Waals surface area contributed by atoms with Crippen molar-refractivity contribution >= 4 is 39.2 Å². The summed E-state index contributed by atoms with van der Waals surface area (Å²) in [5.74, 6) is -0.873. The summed E-state index contributed by atoms with van der Waals surface area (Å²) < 4.78 is 0. The third-order valence-corrected chi connectivity index (χ3v) is 3.77. The minimum absolute atomic E-state index is 0.181. The Morgan fingerprint density at radius 1 is 1.47 bits per heavy atom. The van der Waals surface area contributed by atoms with Gasteiger partial charge in [0.15, 0.2) is 0 Å². The van der Waals surface area contributed by atoms with E-state index >= 15 is 0 Å². The number of nitrogens with one attached hydrogen (secondary N) is 1. The summed E-state index contributed by atoms with van der Waals surface area (Å²) in [5, 5.41) is 12.7. The zero-order chi connectivity index (χ0) is 14.0. The molecule has 0 saturated heterocycles. The molecule has 0 aliphatic rings. The summed E-state index contributed by atoms with van der Waals surface area (Å²) >= 11 is 1.10. The number of carboxylic acids is 1. The van der Waals surface area contributed by atoms with Crippen LogP contribution < -0.4 is 11.1 Å². The van der Waals surface area contributed by atoms with E-state index in [0.717, 1.165) is 11.3 Å². The van der Waals surface area contributed by atoms with Gasteiger partial charge in [0.2, 0.25) is 5.91 Å². The van der Waals surface area contributed by atoms with Gasteiger partial charge >= 0.3 is 5.97 Å². The van der Waals surface area contributed by atoms with Gasteiger partial charge in [-0.15, -0.1) is 11.3 Å². The summed E-state index contributed by atoms with van der Waals surface area (Å²) in [7, 11) is 0. The standard InChI is InChI=1S/C11H12N4O3S/c1-5-7-9(13-3-2-6(12)16)14-4-15-10(7)19-8(5)11(17)18/h4H,2-3H2,1H3,(H2,12,16)(H,17,18)(H,13,14,15). The molecule has 2 aromatic rings. The second-order valence-corrected chi connectivity index (χ2v) is 4.91. The fraction of sp³-hybridized carbons (Fsp3) is 0.273. The Kier molecular flexibility index (Phi) is 3.61. The third kappa shape index (κ3) is 2.63. The number of aromatic carboxylic acids is 1. The second-order valence-electron chi connectivity index (χ2n) is 3.91. The molecule has 7 nitrogen and oxygen atoms in total.